The second kappa shape index (κ2) is 12.7. The van der Waals surface area contributed by atoms with Crippen molar-refractivity contribution in [2.45, 2.75) is 58.3 Å². The van der Waals surface area contributed by atoms with Crippen LogP contribution in [0.3, 0.4) is 0 Å². The van der Waals surface area contributed by atoms with Crippen molar-refractivity contribution in [1.29, 1.82) is 0 Å². The lowest BCUT2D eigenvalue weighted by Gasteiger charge is -2.35. The van der Waals surface area contributed by atoms with E-state index in [0.717, 1.165) is 60.5 Å². The summed E-state index contributed by atoms with van der Waals surface area (Å²) in [5.41, 5.74) is 2.66. The molecule has 45 heavy (non-hydrogen) atoms. The molecule has 1 saturated carbocycles. The van der Waals surface area contributed by atoms with Crippen molar-refractivity contribution in [3.63, 3.8) is 0 Å². The van der Waals surface area contributed by atoms with Crippen LogP contribution in [0, 0.1) is 0 Å². The van der Waals surface area contributed by atoms with E-state index in [-0.39, 0.29) is 11.7 Å². The largest absolute Gasteiger partial charge is 0.492 e. The third kappa shape index (κ3) is 7.65. The van der Waals surface area contributed by atoms with E-state index < -0.39 is 5.60 Å². The Morgan fingerprint density at radius 2 is 1.80 bits per heavy atom. The van der Waals surface area contributed by atoms with Crippen LogP contribution in [-0.2, 0) is 11.3 Å². The molecular formula is C34H39Cl2N5O4. The SMILES string of the molecule is CC(C)(C)OC(=O)N1CCN(CCOc2ccc(-c3nc4c(OC5(C)CC5)cccc4n3Cc3cc(Cl)ccn3)c(Cl)c2)CC1. The number of nitrogens with zero attached hydrogens (tertiary/aromatic N) is 5. The third-order valence-electron chi connectivity index (χ3n) is 8.03. The zero-order valence-electron chi connectivity index (χ0n) is 26.2. The van der Waals surface area contributed by atoms with Crippen molar-refractivity contribution >= 4 is 40.3 Å². The van der Waals surface area contributed by atoms with E-state index >= 15 is 0 Å². The smallest absolute Gasteiger partial charge is 0.410 e. The summed E-state index contributed by atoms with van der Waals surface area (Å²) < 4.78 is 20.1. The number of carbonyl (C=O) groups is 1. The Morgan fingerprint density at radius 1 is 1.02 bits per heavy atom. The summed E-state index contributed by atoms with van der Waals surface area (Å²) >= 11 is 13.2. The van der Waals surface area contributed by atoms with Crippen LogP contribution in [0.4, 0.5) is 4.79 Å². The molecule has 4 aromatic rings. The van der Waals surface area contributed by atoms with Gasteiger partial charge in [-0.2, -0.15) is 0 Å². The molecule has 1 saturated heterocycles. The highest BCUT2D eigenvalue weighted by molar-refractivity contribution is 6.33. The quantitative estimate of drug-likeness (QED) is 0.188. The maximum Gasteiger partial charge on any atom is 0.410 e. The summed E-state index contributed by atoms with van der Waals surface area (Å²) in [4.78, 5) is 26.0. The molecule has 1 amide bonds. The third-order valence-corrected chi connectivity index (χ3v) is 8.58. The molecule has 0 atom stereocenters. The van der Waals surface area contributed by atoms with Crippen LogP contribution in [0.5, 0.6) is 11.5 Å². The Morgan fingerprint density at radius 3 is 2.49 bits per heavy atom. The van der Waals surface area contributed by atoms with Crippen molar-refractivity contribution in [2.24, 2.45) is 0 Å². The molecule has 0 spiro atoms. The van der Waals surface area contributed by atoms with Gasteiger partial charge in [-0.1, -0.05) is 29.3 Å². The van der Waals surface area contributed by atoms with Crippen molar-refractivity contribution in [2.75, 3.05) is 39.3 Å². The minimum Gasteiger partial charge on any atom is -0.492 e. The topological polar surface area (TPSA) is 82.0 Å². The van der Waals surface area contributed by atoms with Gasteiger partial charge in [-0.05, 0) is 83.0 Å². The molecule has 2 aromatic carbocycles. The zero-order valence-corrected chi connectivity index (χ0v) is 27.7. The van der Waals surface area contributed by atoms with Crippen LogP contribution in [0.2, 0.25) is 10.0 Å². The predicted octanol–water partition coefficient (Wildman–Crippen LogP) is 7.32. The molecule has 238 valence electrons. The van der Waals surface area contributed by atoms with E-state index in [1.54, 1.807) is 17.2 Å². The zero-order chi connectivity index (χ0) is 31.8. The summed E-state index contributed by atoms with van der Waals surface area (Å²) in [7, 11) is 0. The number of carbonyl (C=O) groups excluding carboxylic acids is 1. The van der Waals surface area contributed by atoms with Gasteiger partial charge < -0.3 is 23.7 Å². The normalized spacial score (nSPS) is 16.5. The number of benzene rings is 2. The van der Waals surface area contributed by atoms with Gasteiger partial charge >= 0.3 is 6.09 Å². The molecule has 3 heterocycles. The number of pyridine rings is 1. The number of halogens is 2. The molecule has 0 N–H and O–H groups in total. The van der Waals surface area contributed by atoms with Crippen LogP contribution in [0.1, 0.15) is 46.2 Å². The number of amides is 1. The highest BCUT2D eigenvalue weighted by atomic mass is 35.5. The molecule has 1 aliphatic carbocycles. The number of hydrogen-bond donors (Lipinski definition) is 0. The van der Waals surface area contributed by atoms with Gasteiger partial charge in [-0.25, -0.2) is 9.78 Å². The molecule has 2 fully saturated rings. The Labute approximate surface area is 274 Å². The van der Waals surface area contributed by atoms with Gasteiger partial charge in [0.25, 0.3) is 0 Å². The van der Waals surface area contributed by atoms with Crippen LogP contribution in [-0.4, -0.2) is 81.0 Å². The van der Waals surface area contributed by atoms with Gasteiger partial charge in [0, 0.05) is 49.5 Å². The monoisotopic (exact) mass is 651 g/mol. The molecule has 1 aliphatic heterocycles. The molecule has 0 unspecified atom stereocenters. The summed E-state index contributed by atoms with van der Waals surface area (Å²) in [5.74, 6) is 2.15. The molecule has 11 heteroatoms. The summed E-state index contributed by atoms with van der Waals surface area (Å²) in [6, 6.07) is 15.3. The highest BCUT2D eigenvalue weighted by Gasteiger charge is 2.40. The summed E-state index contributed by atoms with van der Waals surface area (Å²) in [6.45, 7) is 12.3. The fourth-order valence-corrected chi connectivity index (χ4v) is 5.79. The van der Waals surface area contributed by atoms with Gasteiger partial charge in [0.2, 0.25) is 0 Å². The molecule has 0 radical (unpaired) electrons. The molecule has 2 aliphatic rings. The van der Waals surface area contributed by atoms with Crippen molar-refractivity contribution in [3.05, 3.63) is 70.5 Å². The van der Waals surface area contributed by atoms with Crippen LogP contribution in [0.25, 0.3) is 22.4 Å². The number of rotatable bonds is 9. The van der Waals surface area contributed by atoms with Crippen LogP contribution < -0.4 is 9.47 Å². The van der Waals surface area contributed by atoms with Crippen molar-refractivity contribution < 1.29 is 19.0 Å². The lowest BCUT2D eigenvalue weighted by atomic mass is 10.2. The van der Waals surface area contributed by atoms with E-state index in [9.17, 15) is 4.79 Å². The first-order valence-corrected chi connectivity index (χ1v) is 16.1. The van der Waals surface area contributed by atoms with Crippen molar-refractivity contribution in [3.8, 4) is 22.9 Å². The molecule has 6 rings (SSSR count). The van der Waals surface area contributed by atoms with Crippen LogP contribution >= 0.6 is 23.2 Å². The second-order valence-electron chi connectivity index (χ2n) is 13.0. The van der Waals surface area contributed by atoms with Gasteiger partial charge in [0.15, 0.2) is 0 Å². The van der Waals surface area contributed by atoms with Gasteiger partial charge in [0.05, 0.1) is 22.8 Å². The maximum atomic E-state index is 12.4. The summed E-state index contributed by atoms with van der Waals surface area (Å²) in [6.07, 6.45) is 3.50. The first-order chi connectivity index (χ1) is 21.5. The van der Waals surface area contributed by atoms with Gasteiger partial charge in [-0.3, -0.25) is 9.88 Å². The minimum atomic E-state index is -0.495. The first-order valence-electron chi connectivity index (χ1n) is 15.4. The Kier molecular flexibility index (Phi) is 8.87. The van der Waals surface area contributed by atoms with Crippen molar-refractivity contribution in [1.82, 2.24) is 24.3 Å². The standard InChI is InChI=1S/C34H39Cl2N5O4/c1-33(2,3)45-32(42)40-16-14-39(15-17-40)18-19-43-25-8-9-26(27(36)21-25)31-38-30-28(6-5-7-29(30)44-34(4)11-12-34)41(31)22-24-20-23(35)10-13-37-24/h5-10,13,20-21H,11-12,14-19,22H2,1-4H3. The fraction of sp³-hybridized carbons (Fsp3) is 0.441. The van der Waals surface area contributed by atoms with Crippen LogP contribution in [0.15, 0.2) is 54.7 Å². The average Bonchev–Trinajstić information content (AvgIpc) is 3.60. The number of imidazole rings is 1. The Hall–Kier alpha value is -3.53. The number of aromatic nitrogens is 3. The minimum absolute atomic E-state index is 0.144. The van der Waals surface area contributed by atoms with E-state index in [0.29, 0.717) is 47.9 Å². The number of ether oxygens (including phenoxy) is 3. The highest BCUT2D eigenvalue weighted by Crippen LogP contribution is 2.42. The Bertz CT molecular complexity index is 1690. The number of hydrogen-bond acceptors (Lipinski definition) is 7. The maximum absolute atomic E-state index is 12.4. The van der Waals surface area contributed by atoms with E-state index in [2.05, 4.69) is 21.4 Å². The van der Waals surface area contributed by atoms with E-state index in [1.165, 1.54) is 0 Å². The Balaban J connectivity index is 1.16. The van der Waals surface area contributed by atoms with Gasteiger partial charge in [-0.15, -0.1) is 0 Å². The fourth-order valence-electron chi connectivity index (χ4n) is 5.35. The molecule has 9 nitrogen and oxygen atoms in total. The molecule has 2 aromatic heterocycles. The number of piperazine rings is 1. The van der Waals surface area contributed by atoms with E-state index in [4.69, 9.17) is 42.4 Å². The first kappa shape index (κ1) is 31.5. The van der Waals surface area contributed by atoms with Gasteiger partial charge in [0.1, 0.15) is 40.6 Å². The lowest BCUT2D eigenvalue weighted by molar-refractivity contribution is 0.0137. The second-order valence-corrected chi connectivity index (χ2v) is 13.8. The predicted molar refractivity (Wildman–Crippen MR) is 177 cm³/mol. The summed E-state index contributed by atoms with van der Waals surface area (Å²) in [5, 5.41) is 1.16. The average molecular weight is 653 g/mol. The number of para-hydroxylation sites is 1. The number of fused-ring (bicyclic) bond motifs is 1. The molecular weight excluding hydrogens is 613 g/mol. The molecule has 0 bridgehead atoms. The van der Waals surface area contributed by atoms with E-state index in [1.807, 2.05) is 63.2 Å². The lowest BCUT2D eigenvalue weighted by Crippen LogP contribution is -2.50.